The molecule has 7 heteroatoms. The number of hydrogen-bond donors (Lipinski definition) is 0. The lowest BCUT2D eigenvalue weighted by atomic mass is 9.72. The first-order chi connectivity index (χ1) is 9.51. The Kier molecular flexibility index (Phi) is 3.58. The quantitative estimate of drug-likeness (QED) is 0.840. The van der Waals surface area contributed by atoms with Gasteiger partial charge in [-0.3, -0.25) is 0 Å². The van der Waals surface area contributed by atoms with E-state index in [0.29, 0.717) is 17.9 Å². The Morgan fingerprint density at radius 2 is 2.15 bits per heavy atom. The van der Waals surface area contributed by atoms with Crippen LogP contribution in [0.1, 0.15) is 32.1 Å². The summed E-state index contributed by atoms with van der Waals surface area (Å²) < 4.78 is 30.5. The van der Waals surface area contributed by atoms with Crippen LogP contribution in [-0.2, 0) is 21.1 Å². The average Bonchev–Trinajstić information content (AvgIpc) is 2.99. The van der Waals surface area contributed by atoms with E-state index in [1.165, 1.54) is 25.4 Å². The van der Waals surface area contributed by atoms with Crippen molar-refractivity contribution in [2.24, 2.45) is 11.3 Å². The van der Waals surface area contributed by atoms with Gasteiger partial charge in [-0.05, 0) is 37.0 Å². The van der Waals surface area contributed by atoms with Gasteiger partial charge in [0.05, 0.1) is 0 Å². The first kappa shape index (κ1) is 14.0. The van der Waals surface area contributed by atoms with Crippen LogP contribution >= 0.6 is 0 Å². The Morgan fingerprint density at radius 3 is 2.85 bits per heavy atom. The molecule has 0 N–H and O–H groups in total. The number of hydrogen-bond acceptors (Lipinski definition) is 5. The van der Waals surface area contributed by atoms with Crippen LogP contribution in [-0.4, -0.2) is 42.7 Å². The minimum Gasteiger partial charge on any atom is -0.381 e. The van der Waals surface area contributed by atoms with Crippen molar-refractivity contribution in [3.8, 4) is 0 Å². The highest BCUT2D eigenvalue weighted by Gasteiger charge is 2.44. The molecule has 0 radical (unpaired) electrons. The highest BCUT2D eigenvalue weighted by atomic mass is 32.2. The van der Waals surface area contributed by atoms with Crippen LogP contribution in [0.5, 0.6) is 0 Å². The normalized spacial score (nSPS) is 26.1. The lowest BCUT2D eigenvalue weighted by Crippen LogP contribution is -2.35. The highest BCUT2D eigenvalue weighted by molar-refractivity contribution is 7.90. The van der Waals surface area contributed by atoms with Crippen molar-refractivity contribution in [1.82, 2.24) is 14.8 Å². The molecule has 1 aliphatic heterocycles. The summed E-state index contributed by atoms with van der Waals surface area (Å²) in [6.45, 7) is 2.31. The summed E-state index contributed by atoms with van der Waals surface area (Å²) in [6, 6.07) is 0. The van der Waals surface area contributed by atoms with E-state index in [1.807, 2.05) is 0 Å². The smallest absolute Gasteiger partial charge is 0.245 e. The van der Waals surface area contributed by atoms with Crippen molar-refractivity contribution < 1.29 is 13.2 Å². The summed E-state index contributed by atoms with van der Waals surface area (Å²) in [6.07, 6.45) is 8.27. The number of sulfone groups is 1. The van der Waals surface area contributed by atoms with Gasteiger partial charge in [0.15, 0.2) is 0 Å². The molecular formula is C13H21N3O3S. The van der Waals surface area contributed by atoms with Gasteiger partial charge in [-0.15, -0.1) is 0 Å². The Labute approximate surface area is 119 Å². The molecule has 2 fully saturated rings. The molecule has 1 unspecified atom stereocenters. The van der Waals surface area contributed by atoms with Crippen molar-refractivity contribution in [2.45, 2.75) is 43.8 Å². The van der Waals surface area contributed by atoms with Gasteiger partial charge < -0.3 is 4.74 Å². The van der Waals surface area contributed by atoms with E-state index in [0.717, 1.165) is 32.5 Å². The average molecular weight is 299 g/mol. The van der Waals surface area contributed by atoms with Gasteiger partial charge >= 0.3 is 0 Å². The van der Waals surface area contributed by atoms with E-state index < -0.39 is 9.84 Å². The van der Waals surface area contributed by atoms with Crippen LogP contribution in [0.2, 0.25) is 0 Å². The van der Waals surface area contributed by atoms with Crippen LogP contribution in [0.3, 0.4) is 0 Å². The van der Waals surface area contributed by atoms with E-state index >= 15 is 0 Å². The molecule has 1 aliphatic carbocycles. The van der Waals surface area contributed by atoms with Gasteiger partial charge in [-0.25, -0.2) is 18.1 Å². The zero-order valence-electron chi connectivity index (χ0n) is 11.8. The number of rotatable bonds is 3. The van der Waals surface area contributed by atoms with Crippen LogP contribution in [0.25, 0.3) is 0 Å². The molecule has 0 aromatic carbocycles. The third kappa shape index (κ3) is 2.48. The maximum Gasteiger partial charge on any atom is 0.245 e. The summed E-state index contributed by atoms with van der Waals surface area (Å²) in [7, 11) is -3.31. The third-order valence-corrected chi connectivity index (χ3v) is 5.87. The van der Waals surface area contributed by atoms with Gasteiger partial charge in [0.2, 0.25) is 15.0 Å². The first-order valence-corrected chi connectivity index (χ1v) is 9.06. The standard InChI is InChI=1S/C13H21N3O3S/c1-20(17,18)12-14-10-15-16(12)9-11-3-2-4-13(11)5-7-19-8-6-13/h10-11H,2-9H2,1H3. The molecule has 1 saturated heterocycles. The topological polar surface area (TPSA) is 74.1 Å². The number of nitrogens with zero attached hydrogens (tertiary/aromatic N) is 3. The lowest BCUT2D eigenvalue weighted by molar-refractivity contribution is -0.0109. The van der Waals surface area contributed by atoms with Crippen LogP contribution in [0.15, 0.2) is 11.5 Å². The lowest BCUT2D eigenvalue weighted by Gasteiger charge is -2.39. The third-order valence-electron chi connectivity index (χ3n) is 4.89. The fourth-order valence-corrected chi connectivity index (χ4v) is 4.55. The van der Waals surface area contributed by atoms with E-state index in [4.69, 9.17) is 4.74 Å². The summed E-state index contributed by atoms with van der Waals surface area (Å²) in [4.78, 5) is 3.90. The van der Waals surface area contributed by atoms with E-state index in [2.05, 4.69) is 10.1 Å². The van der Waals surface area contributed by atoms with Gasteiger partial charge in [0.1, 0.15) is 6.33 Å². The molecule has 6 nitrogen and oxygen atoms in total. The second kappa shape index (κ2) is 5.11. The monoisotopic (exact) mass is 299 g/mol. The molecule has 1 aromatic heterocycles. The van der Waals surface area contributed by atoms with Crippen molar-refractivity contribution in [1.29, 1.82) is 0 Å². The Morgan fingerprint density at radius 1 is 1.40 bits per heavy atom. The second-order valence-electron chi connectivity index (χ2n) is 6.06. The molecule has 1 spiro atoms. The first-order valence-electron chi connectivity index (χ1n) is 7.17. The predicted octanol–water partition coefficient (Wildman–Crippen LogP) is 1.28. The van der Waals surface area contributed by atoms with Crippen molar-refractivity contribution in [3.63, 3.8) is 0 Å². The Bertz CT molecular complexity index is 575. The van der Waals surface area contributed by atoms with Crippen LogP contribution in [0, 0.1) is 11.3 Å². The number of ether oxygens (including phenoxy) is 1. The zero-order chi connectivity index (χ0) is 14.2. The summed E-state index contributed by atoms with van der Waals surface area (Å²) in [5.41, 5.74) is 0.318. The Balaban J connectivity index is 1.82. The maximum absolute atomic E-state index is 11.7. The van der Waals surface area contributed by atoms with E-state index in [9.17, 15) is 8.42 Å². The minimum absolute atomic E-state index is 0.0895. The Hall–Kier alpha value is -0.950. The maximum atomic E-state index is 11.7. The van der Waals surface area contributed by atoms with Crippen molar-refractivity contribution >= 4 is 9.84 Å². The SMILES string of the molecule is CS(=O)(=O)c1ncnn1CC1CCCC12CCOCC2. The second-order valence-corrected chi connectivity index (χ2v) is 7.97. The fraction of sp³-hybridized carbons (Fsp3) is 0.846. The molecule has 0 amide bonds. The van der Waals surface area contributed by atoms with E-state index in [1.54, 1.807) is 4.68 Å². The van der Waals surface area contributed by atoms with Crippen molar-refractivity contribution in [2.75, 3.05) is 19.5 Å². The predicted molar refractivity (Wildman–Crippen MR) is 73.0 cm³/mol. The number of aromatic nitrogens is 3. The summed E-state index contributed by atoms with van der Waals surface area (Å²) >= 11 is 0. The summed E-state index contributed by atoms with van der Waals surface area (Å²) in [5, 5.41) is 4.21. The van der Waals surface area contributed by atoms with E-state index in [-0.39, 0.29) is 5.16 Å². The molecule has 20 heavy (non-hydrogen) atoms. The van der Waals surface area contributed by atoms with Gasteiger partial charge in [0.25, 0.3) is 0 Å². The van der Waals surface area contributed by atoms with Gasteiger partial charge in [0, 0.05) is 26.0 Å². The molecule has 2 aliphatic rings. The molecule has 1 saturated carbocycles. The van der Waals surface area contributed by atoms with Crippen LogP contribution < -0.4 is 0 Å². The minimum atomic E-state index is -3.31. The van der Waals surface area contributed by atoms with Gasteiger partial charge in [-0.1, -0.05) is 6.42 Å². The summed E-state index contributed by atoms with van der Waals surface area (Å²) in [5.74, 6) is 0.480. The fourth-order valence-electron chi connectivity index (χ4n) is 3.81. The zero-order valence-corrected chi connectivity index (χ0v) is 12.6. The molecular weight excluding hydrogens is 278 g/mol. The molecule has 2 heterocycles. The molecule has 112 valence electrons. The molecule has 3 rings (SSSR count). The van der Waals surface area contributed by atoms with Crippen LogP contribution in [0.4, 0.5) is 0 Å². The largest absolute Gasteiger partial charge is 0.381 e. The molecule has 1 atom stereocenters. The highest BCUT2D eigenvalue weighted by Crippen LogP contribution is 2.50. The molecule has 0 bridgehead atoms. The van der Waals surface area contributed by atoms with Crippen molar-refractivity contribution in [3.05, 3.63) is 6.33 Å². The van der Waals surface area contributed by atoms with Gasteiger partial charge in [-0.2, -0.15) is 5.10 Å². The molecule has 1 aromatic rings.